The molecule has 0 aromatic heterocycles. The van der Waals surface area contributed by atoms with E-state index in [4.69, 9.17) is 0 Å². The Morgan fingerprint density at radius 2 is 1.94 bits per heavy atom. The predicted molar refractivity (Wildman–Crippen MR) is 74.5 cm³/mol. The van der Waals surface area contributed by atoms with E-state index in [0.29, 0.717) is 0 Å². The number of rotatable bonds is 1. The quantitative estimate of drug-likeness (QED) is 0.797. The predicted octanol–water partition coefficient (Wildman–Crippen LogP) is 2.58. The van der Waals surface area contributed by atoms with Crippen molar-refractivity contribution in [2.24, 2.45) is 4.99 Å². The fraction of sp³-hybridized carbons (Fsp3) is 0.400. The lowest BCUT2D eigenvalue weighted by Crippen LogP contribution is -2.42. The third kappa shape index (κ3) is 2.46. The molecule has 3 nitrogen and oxygen atoms in total. The van der Waals surface area contributed by atoms with Gasteiger partial charge in [0.25, 0.3) is 0 Å². The molecular formula is C15H20N2O. The van der Waals surface area contributed by atoms with E-state index in [2.05, 4.69) is 37.1 Å². The second-order valence-electron chi connectivity index (χ2n) is 5.84. The molecule has 3 heteroatoms. The van der Waals surface area contributed by atoms with Crippen LogP contribution in [-0.2, 0) is 11.1 Å². The van der Waals surface area contributed by atoms with Gasteiger partial charge in [-0.1, -0.05) is 44.5 Å². The molecule has 1 atom stereocenters. The molecule has 0 fully saturated rings. The maximum Gasteiger partial charge on any atom is 0.199 e. The van der Waals surface area contributed by atoms with Crippen LogP contribution in [0.15, 0.2) is 35.6 Å². The lowest BCUT2D eigenvalue weighted by molar-refractivity contribution is 0.0922. The van der Waals surface area contributed by atoms with Gasteiger partial charge in [-0.25, -0.2) is 0 Å². The Bertz CT molecular complexity index is 512. The molecule has 1 aliphatic heterocycles. The molecule has 0 radical (unpaired) electrons. The smallest absolute Gasteiger partial charge is 0.199 e. The first-order valence-electron chi connectivity index (χ1n) is 6.13. The minimum atomic E-state index is -1.21. The molecule has 0 saturated heterocycles. The third-order valence-electron chi connectivity index (χ3n) is 3.11. The minimum Gasteiger partial charge on any atom is -0.363 e. The monoisotopic (exact) mass is 244 g/mol. The fourth-order valence-corrected chi connectivity index (χ4v) is 1.99. The van der Waals surface area contributed by atoms with Crippen molar-refractivity contribution in [3.63, 3.8) is 0 Å². The van der Waals surface area contributed by atoms with Crippen LogP contribution in [-0.4, -0.2) is 11.3 Å². The topological polar surface area (TPSA) is 44.6 Å². The summed E-state index contributed by atoms with van der Waals surface area (Å²) in [6, 6.07) is 6.17. The molecule has 96 valence electrons. The van der Waals surface area contributed by atoms with Gasteiger partial charge in [-0.15, -0.1) is 0 Å². The largest absolute Gasteiger partial charge is 0.363 e. The summed E-state index contributed by atoms with van der Waals surface area (Å²) in [5.74, 6) is 0. The van der Waals surface area contributed by atoms with Crippen LogP contribution in [0.4, 0.5) is 0 Å². The van der Waals surface area contributed by atoms with E-state index in [1.165, 1.54) is 11.8 Å². The minimum absolute atomic E-state index is 0.0543. The summed E-state index contributed by atoms with van der Waals surface area (Å²) >= 11 is 0. The van der Waals surface area contributed by atoms with Crippen molar-refractivity contribution in [2.75, 3.05) is 0 Å². The Morgan fingerprint density at radius 1 is 1.22 bits per heavy atom. The van der Waals surface area contributed by atoms with Gasteiger partial charge < -0.3 is 10.4 Å². The molecule has 0 aliphatic carbocycles. The van der Waals surface area contributed by atoms with Gasteiger partial charge in [0.1, 0.15) is 0 Å². The SMILES string of the molecule is Cc1cc(C(C)(C)C)cc(C2(O)C=NC=CN2)c1. The molecule has 0 bridgehead atoms. The first-order valence-corrected chi connectivity index (χ1v) is 6.13. The first-order chi connectivity index (χ1) is 8.31. The average molecular weight is 244 g/mol. The van der Waals surface area contributed by atoms with E-state index in [9.17, 15) is 5.11 Å². The first kappa shape index (κ1) is 12.8. The zero-order chi connectivity index (χ0) is 13.4. The number of hydrogen-bond acceptors (Lipinski definition) is 3. The van der Waals surface area contributed by atoms with Crippen LogP contribution in [0.5, 0.6) is 0 Å². The second-order valence-corrected chi connectivity index (χ2v) is 5.84. The van der Waals surface area contributed by atoms with Crippen molar-refractivity contribution >= 4 is 6.21 Å². The molecule has 1 heterocycles. The molecule has 1 aromatic carbocycles. The number of nitrogens with one attached hydrogen (secondary N) is 1. The van der Waals surface area contributed by atoms with Crippen LogP contribution in [0.1, 0.15) is 37.5 Å². The summed E-state index contributed by atoms with van der Waals surface area (Å²) in [5.41, 5.74) is 2.01. The van der Waals surface area contributed by atoms with Crippen LogP contribution < -0.4 is 5.32 Å². The molecule has 1 aliphatic rings. The van der Waals surface area contributed by atoms with Gasteiger partial charge in [-0.2, -0.15) is 0 Å². The van der Waals surface area contributed by atoms with Gasteiger partial charge in [0.2, 0.25) is 0 Å². The summed E-state index contributed by atoms with van der Waals surface area (Å²) < 4.78 is 0. The van der Waals surface area contributed by atoms with Gasteiger partial charge >= 0.3 is 0 Å². The van der Waals surface area contributed by atoms with E-state index in [0.717, 1.165) is 11.1 Å². The highest BCUT2D eigenvalue weighted by molar-refractivity contribution is 5.72. The van der Waals surface area contributed by atoms with Crippen molar-refractivity contribution < 1.29 is 5.11 Å². The van der Waals surface area contributed by atoms with Crippen molar-refractivity contribution in [2.45, 2.75) is 38.8 Å². The van der Waals surface area contributed by atoms with E-state index in [-0.39, 0.29) is 5.41 Å². The summed E-state index contributed by atoms with van der Waals surface area (Å²) in [7, 11) is 0. The van der Waals surface area contributed by atoms with Gasteiger partial charge in [0.15, 0.2) is 5.72 Å². The van der Waals surface area contributed by atoms with Gasteiger partial charge in [-0.05, 0) is 17.9 Å². The molecule has 1 aromatic rings. The number of aryl methyl sites for hydroxylation is 1. The van der Waals surface area contributed by atoms with Crippen LogP contribution in [0.25, 0.3) is 0 Å². The maximum atomic E-state index is 10.5. The van der Waals surface area contributed by atoms with E-state index in [1.54, 1.807) is 12.4 Å². The van der Waals surface area contributed by atoms with Crippen molar-refractivity contribution in [1.29, 1.82) is 0 Å². The van der Waals surface area contributed by atoms with Crippen LogP contribution in [0.3, 0.4) is 0 Å². The molecular weight excluding hydrogens is 224 g/mol. The Hall–Kier alpha value is -1.61. The Morgan fingerprint density at radius 3 is 2.50 bits per heavy atom. The lowest BCUT2D eigenvalue weighted by Gasteiger charge is -2.29. The lowest BCUT2D eigenvalue weighted by atomic mass is 9.84. The van der Waals surface area contributed by atoms with E-state index < -0.39 is 5.72 Å². The van der Waals surface area contributed by atoms with Crippen molar-refractivity contribution in [3.05, 3.63) is 47.3 Å². The summed E-state index contributed by atoms with van der Waals surface area (Å²) in [6.07, 6.45) is 4.79. The standard InChI is InChI=1S/C15H20N2O/c1-11-7-12(14(2,3)4)9-13(8-11)15(18)10-16-5-6-17-15/h5-10,17-18H,1-4H3. The van der Waals surface area contributed by atoms with E-state index >= 15 is 0 Å². The second kappa shape index (κ2) is 4.25. The Labute approximate surface area is 108 Å². The highest BCUT2D eigenvalue weighted by atomic mass is 16.3. The number of benzene rings is 1. The van der Waals surface area contributed by atoms with E-state index in [1.807, 2.05) is 19.1 Å². The molecule has 2 rings (SSSR count). The summed E-state index contributed by atoms with van der Waals surface area (Å²) in [6.45, 7) is 8.53. The van der Waals surface area contributed by atoms with Crippen molar-refractivity contribution in [3.8, 4) is 0 Å². The van der Waals surface area contributed by atoms with Crippen molar-refractivity contribution in [1.82, 2.24) is 5.32 Å². The Balaban J connectivity index is 2.49. The number of hydrogen-bond donors (Lipinski definition) is 2. The highest BCUT2D eigenvalue weighted by Crippen LogP contribution is 2.28. The summed E-state index contributed by atoms with van der Waals surface area (Å²) in [5, 5.41) is 13.5. The van der Waals surface area contributed by atoms with Crippen LogP contribution in [0.2, 0.25) is 0 Å². The van der Waals surface area contributed by atoms with Gasteiger partial charge in [-0.3, -0.25) is 4.99 Å². The normalized spacial score (nSPS) is 22.9. The summed E-state index contributed by atoms with van der Waals surface area (Å²) in [4.78, 5) is 4.01. The zero-order valence-electron chi connectivity index (χ0n) is 11.4. The molecule has 0 amide bonds. The van der Waals surface area contributed by atoms with Gasteiger partial charge in [0, 0.05) is 18.0 Å². The molecule has 18 heavy (non-hydrogen) atoms. The molecule has 1 unspecified atom stereocenters. The third-order valence-corrected chi connectivity index (χ3v) is 3.11. The van der Waals surface area contributed by atoms with Crippen LogP contribution in [0, 0.1) is 6.92 Å². The molecule has 2 N–H and O–H groups in total. The molecule has 0 saturated carbocycles. The number of aliphatic imine (C=N–C) groups is 1. The zero-order valence-corrected chi connectivity index (χ0v) is 11.4. The van der Waals surface area contributed by atoms with Crippen LogP contribution >= 0.6 is 0 Å². The average Bonchev–Trinajstić information content (AvgIpc) is 2.28. The fourth-order valence-electron chi connectivity index (χ4n) is 1.99. The Kier molecular flexibility index (Phi) is 3.03. The van der Waals surface area contributed by atoms with Gasteiger partial charge in [0.05, 0.1) is 6.21 Å². The number of aliphatic hydroxyl groups is 1. The highest BCUT2D eigenvalue weighted by Gasteiger charge is 2.28. The maximum absolute atomic E-state index is 10.5. The molecule has 0 spiro atoms. The number of nitrogens with zero attached hydrogens (tertiary/aromatic N) is 1.